The first-order valence-electron chi connectivity index (χ1n) is 5.33. The molecule has 0 radical (unpaired) electrons. The molecule has 0 saturated heterocycles. The molecule has 0 atom stereocenters. The third kappa shape index (κ3) is 3.07. The average Bonchev–Trinajstić information content (AvgIpc) is 2.30. The Balaban J connectivity index is 3.44. The maximum Gasteiger partial charge on any atom is 0.187 e. The summed E-state index contributed by atoms with van der Waals surface area (Å²) in [5.41, 5.74) is 0.316. The predicted molar refractivity (Wildman–Crippen MR) is 68.1 cm³/mol. The highest BCUT2D eigenvalue weighted by atomic mass is 32.3. The van der Waals surface area contributed by atoms with E-state index in [9.17, 15) is 16.8 Å². The number of hydrogen-bond acceptors (Lipinski definition) is 4. The predicted octanol–water partition coefficient (Wildman–Crippen LogP) is 1.55. The normalized spacial score (nSPS) is 12.9. The fourth-order valence-corrected chi connectivity index (χ4v) is 5.90. The number of sulfone groups is 2. The molecule has 0 aliphatic heterocycles. The molecule has 0 unspecified atom stereocenters. The van der Waals surface area contributed by atoms with Gasteiger partial charge in [-0.05, 0) is 5.56 Å². The van der Waals surface area contributed by atoms with Crippen molar-refractivity contribution in [3.8, 4) is 0 Å². The molecule has 1 aromatic rings. The molecule has 6 heteroatoms. The molecule has 1 aromatic carbocycles. The summed E-state index contributed by atoms with van der Waals surface area (Å²) in [6.45, 7) is 2.91. The van der Waals surface area contributed by atoms with Gasteiger partial charge in [-0.1, -0.05) is 44.2 Å². The van der Waals surface area contributed by atoms with Gasteiger partial charge in [0.05, 0.1) is 0 Å². The van der Waals surface area contributed by atoms with Crippen LogP contribution in [0.3, 0.4) is 0 Å². The second-order valence-corrected chi connectivity index (χ2v) is 8.69. The molecule has 0 heterocycles. The third-order valence-electron chi connectivity index (χ3n) is 2.53. The van der Waals surface area contributed by atoms with Crippen LogP contribution in [0, 0.1) is 0 Å². The Kier molecular flexibility index (Phi) is 4.32. The highest BCUT2D eigenvalue weighted by Crippen LogP contribution is 2.29. The Hall–Kier alpha value is -0.880. The lowest BCUT2D eigenvalue weighted by Crippen LogP contribution is -2.25. The van der Waals surface area contributed by atoms with Gasteiger partial charge in [0.2, 0.25) is 0 Å². The molecule has 1 rings (SSSR count). The Morgan fingerprint density at radius 2 is 1.29 bits per heavy atom. The summed E-state index contributed by atoms with van der Waals surface area (Å²) in [6, 6.07) is 8.06. The van der Waals surface area contributed by atoms with Crippen molar-refractivity contribution in [1.29, 1.82) is 0 Å². The van der Waals surface area contributed by atoms with E-state index in [1.165, 1.54) is 26.0 Å². The van der Waals surface area contributed by atoms with Crippen LogP contribution in [0.2, 0.25) is 0 Å². The van der Waals surface area contributed by atoms with E-state index < -0.39 is 24.3 Å². The van der Waals surface area contributed by atoms with E-state index in [0.29, 0.717) is 5.56 Å². The summed E-state index contributed by atoms with van der Waals surface area (Å²) >= 11 is 0. The molecule has 0 amide bonds. The Morgan fingerprint density at radius 3 is 1.65 bits per heavy atom. The van der Waals surface area contributed by atoms with Gasteiger partial charge in [-0.15, -0.1) is 0 Å². The lowest BCUT2D eigenvalue weighted by Gasteiger charge is -2.16. The standard InChI is InChI=1S/C11H16O4S2/c1-3-16(12,13)11(17(14,15)4-2)10-8-6-5-7-9-10/h5-9,11H,3-4H2,1-2H3. The second kappa shape index (κ2) is 5.18. The van der Waals surface area contributed by atoms with Crippen LogP contribution in [-0.2, 0) is 19.7 Å². The van der Waals surface area contributed by atoms with Gasteiger partial charge in [0.25, 0.3) is 0 Å². The van der Waals surface area contributed by atoms with Gasteiger partial charge in [0.1, 0.15) is 0 Å². The molecule has 0 spiro atoms. The molecule has 0 fully saturated rings. The van der Waals surface area contributed by atoms with Crippen molar-refractivity contribution >= 4 is 19.7 Å². The van der Waals surface area contributed by atoms with E-state index in [1.807, 2.05) is 0 Å². The van der Waals surface area contributed by atoms with Crippen molar-refractivity contribution in [2.45, 2.75) is 18.4 Å². The molecule has 0 aromatic heterocycles. The summed E-state index contributed by atoms with van der Waals surface area (Å²) in [7, 11) is -7.34. The quantitative estimate of drug-likeness (QED) is 0.818. The fourth-order valence-electron chi connectivity index (χ4n) is 1.55. The van der Waals surface area contributed by atoms with E-state index in [0.717, 1.165) is 0 Å². The first-order valence-corrected chi connectivity index (χ1v) is 8.76. The largest absolute Gasteiger partial charge is 0.227 e. The highest BCUT2D eigenvalue weighted by molar-refractivity contribution is 8.08. The van der Waals surface area contributed by atoms with Gasteiger partial charge < -0.3 is 0 Å². The highest BCUT2D eigenvalue weighted by Gasteiger charge is 2.36. The van der Waals surface area contributed by atoms with Crippen LogP contribution in [0.25, 0.3) is 0 Å². The topological polar surface area (TPSA) is 68.3 Å². The zero-order valence-corrected chi connectivity index (χ0v) is 11.5. The van der Waals surface area contributed by atoms with Gasteiger partial charge in [0.15, 0.2) is 24.3 Å². The summed E-state index contributed by atoms with van der Waals surface area (Å²) in [5, 5.41) is 0. The minimum atomic E-state index is -3.67. The van der Waals surface area contributed by atoms with E-state index in [2.05, 4.69) is 0 Å². The van der Waals surface area contributed by atoms with Crippen molar-refractivity contribution in [2.75, 3.05) is 11.5 Å². The Bertz CT molecular complexity index is 525. The van der Waals surface area contributed by atoms with Crippen molar-refractivity contribution in [1.82, 2.24) is 0 Å². The maximum atomic E-state index is 11.9. The van der Waals surface area contributed by atoms with Crippen molar-refractivity contribution in [3.63, 3.8) is 0 Å². The van der Waals surface area contributed by atoms with E-state index >= 15 is 0 Å². The molecule has 0 aliphatic rings. The number of rotatable bonds is 5. The first-order chi connectivity index (χ1) is 7.85. The molecule has 17 heavy (non-hydrogen) atoms. The van der Waals surface area contributed by atoms with Gasteiger partial charge in [-0.25, -0.2) is 16.8 Å². The van der Waals surface area contributed by atoms with E-state index in [1.54, 1.807) is 18.2 Å². The van der Waals surface area contributed by atoms with E-state index in [-0.39, 0.29) is 11.5 Å². The average molecular weight is 276 g/mol. The second-order valence-electron chi connectivity index (χ2n) is 3.65. The van der Waals surface area contributed by atoms with Crippen LogP contribution in [0.15, 0.2) is 30.3 Å². The summed E-state index contributed by atoms with van der Waals surface area (Å²) in [4.78, 5) is 0. The summed E-state index contributed by atoms with van der Waals surface area (Å²) in [5.74, 6) is -0.377. The SMILES string of the molecule is CCS(=O)(=O)C(c1ccccc1)S(=O)(=O)CC. The zero-order chi connectivity index (χ0) is 13.1. The van der Waals surface area contributed by atoms with Crippen LogP contribution >= 0.6 is 0 Å². The van der Waals surface area contributed by atoms with E-state index in [4.69, 9.17) is 0 Å². The van der Waals surface area contributed by atoms with Crippen molar-refractivity contribution < 1.29 is 16.8 Å². The first kappa shape index (κ1) is 14.2. The van der Waals surface area contributed by atoms with Crippen LogP contribution in [0.4, 0.5) is 0 Å². The Morgan fingerprint density at radius 1 is 0.882 bits per heavy atom. The molecule has 0 aliphatic carbocycles. The molecular formula is C11H16O4S2. The Labute approximate surface area is 103 Å². The maximum absolute atomic E-state index is 11.9. The van der Waals surface area contributed by atoms with Crippen LogP contribution in [0.5, 0.6) is 0 Å². The number of benzene rings is 1. The smallest absolute Gasteiger partial charge is 0.187 e. The van der Waals surface area contributed by atoms with Gasteiger partial charge in [-0.2, -0.15) is 0 Å². The van der Waals surface area contributed by atoms with Crippen LogP contribution in [-0.4, -0.2) is 28.3 Å². The van der Waals surface area contributed by atoms with Crippen molar-refractivity contribution in [2.24, 2.45) is 0 Å². The monoisotopic (exact) mass is 276 g/mol. The zero-order valence-electron chi connectivity index (χ0n) is 9.83. The van der Waals surface area contributed by atoms with Gasteiger partial charge in [-0.3, -0.25) is 0 Å². The molecule has 0 N–H and O–H groups in total. The van der Waals surface area contributed by atoms with Crippen molar-refractivity contribution in [3.05, 3.63) is 35.9 Å². The lowest BCUT2D eigenvalue weighted by atomic mass is 10.2. The minimum Gasteiger partial charge on any atom is -0.227 e. The molecule has 0 saturated carbocycles. The summed E-state index contributed by atoms with van der Waals surface area (Å²) < 4.78 is 46.3. The summed E-state index contributed by atoms with van der Waals surface area (Å²) in [6.07, 6.45) is 0. The van der Waals surface area contributed by atoms with Gasteiger partial charge >= 0.3 is 0 Å². The van der Waals surface area contributed by atoms with Gasteiger partial charge in [0, 0.05) is 11.5 Å². The van der Waals surface area contributed by atoms with Crippen LogP contribution < -0.4 is 0 Å². The lowest BCUT2D eigenvalue weighted by molar-refractivity contribution is 0.578. The molecule has 4 nitrogen and oxygen atoms in total. The van der Waals surface area contributed by atoms with Crippen LogP contribution in [0.1, 0.15) is 24.0 Å². The fraction of sp³-hybridized carbons (Fsp3) is 0.455. The number of hydrogen-bond donors (Lipinski definition) is 0. The third-order valence-corrected chi connectivity index (χ3v) is 7.75. The minimum absolute atomic E-state index is 0.189. The molecular weight excluding hydrogens is 260 g/mol. The molecule has 96 valence electrons. The molecule has 0 bridgehead atoms.